The van der Waals surface area contributed by atoms with Gasteiger partial charge in [0, 0.05) is 70.5 Å². The van der Waals surface area contributed by atoms with Crippen LogP contribution in [0, 0.1) is 0 Å². The number of rotatable bonds is 5. The van der Waals surface area contributed by atoms with E-state index in [1.807, 2.05) is 6.07 Å². The molecule has 0 bridgehead atoms. The highest BCUT2D eigenvalue weighted by atomic mass is 16.3. The van der Waals surface area contributed by atoms with E-state index in [9.17, 15) is 0 Å². The molecule has 418 valence electrons. The molecular weight excluding hydrogens is 1090 g/mol. The highest BCUT2D eigenvalue weighted by Gasteiger charge is 2.47. The van der Waals surface area contributed by atoms with Crippen molar-refractivity contribution in [2.75, 3.05) is 0 Å². The Morgan fingerprint density at radius 2 is 0.811 bits per heavy atom. The van der Waals surface area contributed by atoms with Gasteiger partial charge in [0.2, 0.25) is 5.95 Å². The van der Waals surface area contributed by atoms with E-state index in [0.29, 0.717) is 5.95 Å². The minimum Gasteiger partial charge on any atom is -0.455 e. The van der Waals surface area contributed by atoms with Crippen molar-refractivity contribution in [2.45, 2.75) is 5.41 Å². The smallest absolute Gasteiger partial charge is 0.235 e. The lowest BCUT2D eigenvalue weighted by Gasteiger charge is -2.34. The molecule has 1 aliphatic carbocycles. The van der Waals surface area contributed by atoms with E-state index in [1.54, 1.807) is 0 Å². The second kappa shape index (κ2) is 19.5. The number of hydrogen-bond acceptors (Lipinski definition) is 3. The maximum atomic E-state index is 6.64. The van der Waals surface area contributed by atoms with Crippen molar-refractivity contribution in [2.24, 2.45) is 0 Å². The minimum atomic E-state index is -0.424. The Hall–Kier alpha value is -11.9. The van der Waals surface area contributed by atoms with Crippen LogP contribution in [0.25, 0.3) is 154 Å². The van der Waals surface area contributed by atoms with E-state index in [4.69, 9.17) is 14.4 Å². The summed E-state index contributed by atoms with van der Waals surface area (Å²) in [6, 6.07) is 113. The molecule has 5 nitrogen and oxygen atoms in total. The topological polar surface area (TPSA) is 48.8 Å². The first kappa shape index (κ1) is 50.3. The van der Waals surface area contributed by atoms with Gasteiger partial charge in [0.25, 0.3) is 0 Å². The quantitative estimate of drug-likeness (QED) is 0.161. The SMILES string of the molecule is c1ccc(-c2nc(-n3c4ccccc4c4c5ccccc5c5c(ccc6c5c5ccccc5n6-c5ccccc5)c43)nc3ccccc23)cc1.c1ccc(C2(c3ccccc3)c3ccccc3-c3c2ccc2c4oc5ccccc5c4c4ccccc4c32)cc1. The Morgan fingerprint density at radius 1 is 0.300 bits per heavy atom. The van der Waals surface area contributed by atoms with Crippen LogP contribution in [-0.4, -0.2) is 19.1 Å². The standard InChI is InChI=1S/C46H28N4.C39H24O/c1-3-15-29(16-4-1)44-33-21-9-12-24-37(33)47-46(48-44)50-39-26-14-10-22-34(39)42-32-20-8-7-19-31(32)41-36(45(42)50)27-28-40-43(41)35-23-11-13-25-38(35)49(40)30-17-5-2-6-18-30;1-3-13-25(14-4-1)39(26-15-5-2-6-16-26)32-21-11-9-19-29(32)37-33(39)24-23-31-35(37)27-17-7-8-18-28(27)36-30-20-10-12-22-34(30)40-38(31)36/h1-28H;1-24H. The second-order valence-electron chi connectivity index (χ2n) is 23.7. The van der Waals surface area contributed by atoms with Crippen LogP contribution in [0.15, 0.2) is 320 Å². The zero-order chi connectivity index (χ0) is 59.0. The zero-order valence-corrected chi connectivity index (χ0v) is 48.7. The molecule has 15 aromatic carbocycles. The summed E-state index contributed by atoms with van der Waals surface area (Å²) in [4.78, 5) is 10.7. The third-order valence-corrected chi connectivity index (χ3v) is 19.2. The molecule has 0 aliphatic heterocycles. The molecule has 0 spiro atoms. The van der Waals surface area contributed by atoms with Crippen LogP contribution in [0.4, 0.5) is 0 Å². The molecule has 0 radical (unpaired) electrons. The first-order valence-corrected chi connectivity index (χ1v) is 30.9. The van der Waals surface area contributed by atoms with Gasteiger partial charge in [-0.15, -0.1) is 0 Å². The Bertz CT molecular complexity index is 6100. The maximum absolute atomic E-state index is 6.64. The molecule has 5 heteroatoms. The summed E-state index contributed by atoms with van der Waals surface area (Å²) in [5.74, 6) is 0.664. The van der Waals surface area contributed by atoms with Crippen LogP contribution in [-0.2, 0) is 5.41 Å². The molecule has 4 heterocycles. The molecule has 0 atom stereocenters. The van der Waals surface area contributed by atoms with Crippen molar-refractivity contribution in [3.05, 3.63) is 338 Å². The van der Waals surface area contributed by atoms with E-state index in [0.717, 1.165) is 55.4 Å². The molecule has 90 heavy (non-hydrogen) atoms. The predicted octanol–water partition coefficient (Wildman–Crippen LogP) is 22.1. The van der Waals surface area contributed by atoms with Gasteiger partial charge in [0.15, 0.2) is 0 Å². The van der Waals surface area contributed by atoms with Gasteiger partial charge in [0.1, 0.15) is 11.2 Å². The highest BCUT2D eigenvalue weighted by Crippen LogP contribution is 2.59. The van der Waals surface area contributed by atoms with Crippen LogP contribution >= 0.6 is 0 Å². The predicted molar refractivity (Wildman–Crippen MR) is 375 cm³/mol. The van der Waals surface area contributed by atoms with Crippen molar-refractivity contribution in [3.8, 4) is 34.0 Å². The third-order valence-electron chi connectivity index (χ3n) is 19.2. The normalized spacial score (nSPS) is 12.8. The van der Waals surface area contributed by atoms with Gasteiger partial charge in [-0.1, -0.05) is 273 Å². The van der Waals surface area contributed by atoms with Gasteiger partial charge in [-0.3, -0.25) is 4.57 Å². The summed E-state index contributed by atoms with van der Waals surface area (Å²) in [5.41, 5.74) is 17.9. The number of nitrogens with zero attached hydrogens (tertiary/aromatic N) is 4. The Balaban J connectivity index is 0.000000133. The average Bonchev–Trinajstić information content (AvgIpc) is 1.60. The van der Waals surface area contributed by atoms with Crippen molar-refractivity contribution in [1.29, 1.82) is 0 Å². The number of benzene rings is 15. The lowest BCUT2D eigenvalue weighted by molar-refractivity contribution is 0.673. The van der Waals surface area contributed by atoms with Crippen molar-refractivity contribution >= 4 is 120 Å². The van der Waals surface area contributed by atoms with E-state index >= 15 is 0 Å². The molecule has 4 aromatic heterocycles. The number of para-hydroxylation sites is 5. The minimum absolute atomic E-state index is 0.424. The maximum Gasteiger partial charge on any atom is 0.235 e. The van der Waals surface area contributed by atoms with Crippen LogP contribution < -0.4 is 0 Å². The van der Waals surface area contributed by atoms with E-state index in [2.05, 4.69) is 319 Å². The lowest BCUT2D eigenvalue weighted by Crippen LogP contribution is -2.28. The Labute approximate surface area is 517 Å². The van der Waals surface area contributed by atoms with E-state index < -0.39 is 5.41 Å². The fourth-order valence-corrected chi connectivity index (χ4v) is 15.7. The summed E-state index contributed by atoms with van der Waals surface area (Å²) < 4.78 is 11.3. The number of fused-ring (bicyclic) bond motifs is 25. The van der Waals surface area contributed by atoms with Crippen LogP contribution in [0.5, 0.6) is 0 Å². The summed E-state index contributed by atoms with van der Waals surface area (Å²) in [5, 5.41) is 18.1. The average molecular weight is 1150 g/mol. The number of hydrogen-bond donors (Lipinski definition) is 0. The monoisotopic (exact) mass is 1140 g/mol. The number of aromatic nitrogens is 4. The van der Waals surface area contributed by atoms with Crippen LogP contribution in [0.1, 0.15) is 22.3 Å². The fraction of sp³-hybridized carbons (Fsp3) is 0.0118. The largest absolute Gasteiger partial charge is 0.455 e. The van der Waals surface area contributed by atoms with Crippen molar-refractivity contribution in [3.63, 3.8) is 0 Å². The summed E-state index contributed by atoms with van der Waals surface area (Å²) in [6.45, 7) is 0. The van der Waals surface area contributed by atoms with Gasteiger partial charge in [-0.2, -0.15) is 0 Å². The molecule has 0 amide bonds. The zero-order valence-electron chi connectivity index (χ0n) is 48.7. The third kappa shape index (κ3) is 7.02. The molecule has 0 saturated carbocycles. The Morgan fingerprint density at radius 3 is 1.51 bits per heavy atom. The molecule has 0 saturated heterocycles. The summed E-state index contributed by atoms with van der Waals surface area (Å²) in [7, 11) is 0. The van der Waals surface area contributed by atoms with Gasteiger partial charge >= 0.3 is 0 Å². The van der Waals surface area contributed by atoms with E-state index in [-0.39, 0.29) is 0 Å². The number of furan rings is 1. The van der Waals surface area contributed by atoms with Gasteiger partial charge in [0.05, 0.1) is 38.7 Å². The van der Waals surface area contributed by atoms with Crippen LogP contribution in [0.3, 0.4) is 0 Å². The summed E-state index contributed by atoms with van der Waals surface area (Å²) in [6.07, 6.45) is 0. The van der Waals surface area contributed by atoms with Gasteiger partial charge < -0.3 is 8.98 Å². The Kier molecular flexibility index (Phi) is 10.9. The van der Waals surface area contributed by atoms with Gasteiger partial charge in [-0.05, 0) is 97.4 Å². The fourth-order valence-electron chi connectivity index (χ4n) is 15.7. The first-order valence-electron chi connectivity index (χ1n) is 30.9. The highest BCUT2D eigenvalue weighted by molar-refractivity contribution is 6.39. The molecule has 20 rings (SSSR count). The summed E-state index contributed by atoms with van der Waals surface area (Å²) >= 11 is 0. The van der Waals surface area contributed by atoms with Crippen LogP contribution in [0.2, 0.25) is 0 Å². The van der Waals surface area contributed by atoms with E-state index in [1.165, 1.54) is 114 Å². The first-order chi connectivity index (χ1) is 44.7. The molecule has 19 aromatic rings. The lowest BCUT2D eigenvalue weighted by atomic mass is 9.67. The van der Waals surface area contributed by atoms with Crippen molar-refractivity contribution < 1.29 is 4.42 Å². The molecule has 0 fully saturated rings. The molecule has 1 aliphatic rings. The molecule has 0 unspecified atom stereocenters. The molecular formula is C85H52N4O. The van der Waals surface area contributed by atoms with Gasteiger partial charge in [-0.25, -0.2) is 9.97 Å². The molecule has 0 N–H and O–H groups in total. The van der Waals surface area contributed by atoms with Crippen molar-refractivity contribution in [1.82, 2.24) is 19.1 Å². The second-order valence-corrected chi connectivity index (χ2v) is 23.7.